The molecule has 0 fully saturated rings. The molecule has 0 unspecified atom stereocenters. The van der Waals surface area contributed by atoms with Gasteiger partial charge in [0.1, 0.15) is 6.07 Å². The summed E-state index contributed by atoms with van der Waals surface area (Å²) in [4.78, 5) is 34.0. The number of anilines is 2. The number of carbonyl (C=O) groups is 2. The molecule has 0 atom stereocenters. The molecule has 5 rings (SSSR count). The number of benzene rings is 3. The maximum absolute atomic E-state index is 12.5. The molecule has 190 valence electrons. The van der Waals surface area contributed by atoms with Gasteiger partial charge in [0.15, 0.2) is 8.68 Å². The lowest BCUT2D eigenvalue weighted by atomic mass is 10.1. The maximum Gasteiger partial charge on any atom is 0.234 e. The smallest absolute Gasteiger partial charge is 0.234 e. The number of amides is 2. The van der Waals surface area contributed by atoms with E-state index in [2.05, 4.69) is 26.7 Å². The van der Waals surface area contributed by atoms with E-state index in [1.54, 1.807) is 36.4 Å². The largest absolute Gasteiger partial charge is 0.325 e. The van der Waals surface area contributed by atoms with Crippen LogP contribution in [0.5, 0.6) is 0 Å². The van der Waals surface area contributed by atoms with E-state index in [1.165, 1.54) is 52.3 Å². The van der Waals surface area contributed by atoms with Gasteiger partial charge in [-0.15, -0.1) is 22.7 Å². The van der Waals surface area contributed by atoms with Crippen molar-refractivity contribution < 1.29 is 9.59 Å². The number of hydrogen-bond donors (Lipinski definition) is 2. The van der Waals surface area contributed by atoms with Crippen molar-refractivity contribution in [3.63, 3.8) is 0 Å². The Hall–Kier alpha value is -2.85. The van der Waals surface area contributed by atoms with Crippen molar-refractivity contribution >= 4 is 113 Å². The molecule has 13 heteroatoms. The van der Waals surface area contributed by atoms with Gasteiger partial charge in [-0.1, -0.05) is 46.7 Å². The third-order valence-corrected chi connectivity index (χ3v) is 9.84. The van der Waals surface area contributed by atoms with E-state index in [4.69, 9.17) is 23.2 Å². The second kappa shape index (κ2) is 11.9. The summed E-state index contributed by atoms with van der Waals surface area (Å²) in [6.45, 7) is 0. The van der Waals surface area contributed by atoms with E-state index >= 15 is 0 Å². The molecular weight excluding hydrogens is 601 g/mol. The molecule has 5 aromatic rings. The van der Waals surface area contributed by atoms with Crippen LogP contribution in [0.15, 0.2) is 63.3 Å². The quantitative estimate of drug-likeness (QED) is 0.173. The molecular formula is C25H15Cl2N5O2S4. The highest BCUT2D eigenvalue weighted by Crippen LogP contribution is 2.32. The highest BCUT2D eigenvalue weighted by atomic mass is 35.5. The third-order valence-electron chi connectivity index (χ3n) is 5.01. The van der Waals surface area contributed by atoms with Gasteiger partial charge in [0.2, 0.25) is 11.8 Å². The van der Waals surface area contributed by atoms with Gasteiger partial charge >= 0.3 is 0 Å². The fraction of sp³-hybridized carbons (Fsp3) is 0.0800. The molecule has 2 amide bonds. The maximum atomic E-state index is 12.5. The van der Waals surface area contributed by atoms with Gasteiger partial charge in [-0.3, -0.25) is 9.59 Å². The lowest BCUT2D eigenvalue weighted by Crippen LogP contribution is -2.16. The Morgan fingerprint density at radius 2 is 1.37 bits per heavy atom. The Morgan fingerprint density at radius 3 is 1.92 bits per heavy atom. The number of fused-ring (bicyclic) bond motifs is 2. The molecule has 2 aromatic heterocycles. The summed E-state index contributed by atoms with van der Waals surface area (Å²) in [5, 5.41) is 16.4. The lowest BCUT2D eigenvalue weighted by Gasteiger charge is -2.09. The van der Waals surface area contributed by atoms with E-state index < -0.39 is 0 Å². The molecule has 0 bridgehead atoms. The molecule has 0 saturated heterocycles. The van der Waals surface area contributed by atoms with Crippen molar-refractivity contribution in [2.24, 2.45) is 0 Å². The number of nitrogens with zero attached hydrogens (tertiary/aromatic N) is 3. The first-order chi connectivity index (χ1) is 18.4. The van der Waals surface area contributed by atoms with Gasteiger partial charge in [0.25, 0.3) is 0 Å². The van der Waals surface area contributed by atoms with Crippen LogP contribution in [0.4, 0.5) is 11.4 Å². The number of halogens is 2. The monoisotopic (exact) mass is 615 g/mol. The van der Waals surface area contributed by atoms with Crippen molar-refractivity contribution in [1.29, 1.82) is 5.26 Å². The second-order valence-electron chi connectivity index (χ2n) is 7.73. The predicted molar refractivity (Wildman–Crippen MR) is 159 cm³/mol. The lowest BCUT2D eigenvalue weighted by molar-refractivity contribution is -0.114. The van der Waals surface area contributed by atoms with E-state index in [0.29, 0.717) is 21.4 Å². The van der Waals surface area contributed by atoms with Crippen molar-refractivity contribution in [2.75, 3.05) is 22.1 Å². The number of nitriles is 1. The Kier molecular flexibility index (Phi) is 8.38. The van der Waals surface area contributed by atoms with Crippen LogP contribution in [-0.2, 0) is 9.59 Å². The summed E-state index contributed by atoms with van der Waals surface area (Å²) in [7, 11) is 0. The molecule has 0 aliphatic carbocycles. The first-order valence-electron chi connectivity index (χ1n) is 10.9. The normalized spacial score (nSPS) is 11.0. The van der Waals surface area contributed by atoms with E-state index in [-0.39, 0.29) is 28.9 Å². The predicted octanol–water partition coefficient (Wildman–Crippen LogP) is 7.55. The molecule has 0 saturated carbocycles. The SMILES string of the molecule is N#Cc1cc(NC(=O)CSc2nc3cc(Cl)ccc3s2)ccc1NC(=O)CSc1nc2cc(Cl)ccc2s1. The molecule has 7 nitrogen and oxygen atoms in total. The van der Waals surface area contributed by atoms with Gasteiger partial charge < -0.3 is 10.6 Å². The van der Waals surface area contributed by atoms with Crippen LogP contribution < -0.4 is 10.6 Å². The fourth-order valence-corrected chi connectivity index (χ4v) is 7.37. The van der Waals surface area contributed by atoms with Gasteiger partial charge in [-0.2, -0.15) is 5.26 Å². The Balaban J connectivity index is 1.15. The number of aromatic nitrogens is 2. The van der Waals surface area contributed by atoms with Crippen molar-refractivity contribution in [3.05, 3.63) is 70.2 Å². The number of thiazole rings is 2. The Bertz CT molecular complexity index is 1730. The van der Waals surface area contributed by atoms with Crippen LogP contribution >= 0.6 is 69.4 Å². The van der Waals surface area contributed by atoms with Crippen LogP contribution in [0.2, 0.25) is 10.0 Å². The first-order valence-corrected chi connectivity index (χ1v) is 15.2. The van der Waals surface area contributed by atoms with Crippen LogP contribution in [0.1, 0.15) is 5.56 Å². The zero-order valence-corrected chi connectivity index (χ0v) is 23.9. The number of rotatable bonds is 8. The number of carbonyl (C=O) groups excluding carboxylic acids is 2. The highest BCUT2D eigenvalue weighted by Gasteiger charge is 2.13. The minimum atomic E-state index is -0.269. The number of nitrogens with one attached hydrogen (secondary N) is 2. The summed E-state index contributed by atoms with van der Waals surface area (Å²) in [6.07, 6.45) is 0. The van der Waals surface area contributed by atoms with Crippen molar-refractivity contribution in [2.45, 2.75) is 8.68 Å². The second-order valence-corrected chi connectivity index (χ2v) is 13.1. The molecule has 3 aromatic carbocycles. The van der Waals surface area contributed by atoms with Gasteiger partial charge in [-0.25, -0.2) is 9.97 Å². The molecule has 0 spiro atoms. The standard InChI is InChI=1S/C25H15Cl2N5O2S4/c26-14-1-5-20-18(8-14)31-24(37-20)35-11-22(33)29-16-3-4-17(13(7-16)10-28)30-23(34)12-36-25-32-19-9-15(27)2-6-21(19)38-25/h1-9H,11-12H2,(H,29,33)(H,30,34). The van der Waals surface area contributed by atoms with Crippen LogP contribution in [0.3, 0.4) is 0 Å². The van der Waals surface area contributed by atoms with Gasteiger partial charge in [-0.05, 0) is 54.6 Å². The molecule has 2 N–H and O–H groups in total. The summed E-state index contributed by atoms with van der Waals surface area (Å²) < 4.78 is 3.51. The first kappa shape index (κ1) is 26.7. The summed E-state index contributed by atoms with van der Waals surface area (Å²) in [5.41, 5.74) is 2.66. The van der Waals surface area contributed by atoms with Crippen LogP contribution in [0.25, 0.3) is 20.4 Å². The topological polar surface area (TPSA) is 108 Å². The van der Waals surface area contributed by atoms with E-state index in [1.807, 2.05) is 12.1 Å². The molecule has 2 heterocycles. The van der Waals surface area contributed by atoms with Gasteiger partial charge in [0, 0.05) is 15.7 Å². The minimum absolute atomic E-state index is 0.131. The number of hydrogen-bond acceptors (Lipinski definition) is 9. The molecule has 38 heavy (non-hydrogen) atoms. The average molecular weight is 617 g/mol. The van der Waals surface area contributed by atoms with Crippen LogP contribution in [-0.4, -0.2) is 33.3 Å². The third kappa shape index (κ3) is 6.58. The average Bonchev–Trinajstić information content (AvgIpc) is 3.49. The molecule has 0 aliphatic heterocycles. The zero-order valence-electron chi connectivity index (χ0n) is 19.2. The van der Waals surface area contributed by atoms with Crippen LogP contribution in [0, 0.1) is 11.3 Å². The summed E-state index contributed by atoms with van der Waals surface area (Å²) in [6, 6.07) is 17.8. The Labute approximate surface area is 243 Å². The van der Waals surface area contributed by atoms with Crippen molar-refractivity contribution in [3.8, 4) is 6.07 Å². The summed E-state index contributed by atoms with van der Waals surface area (Å²) >= 11 is 17.6. The minimum Gasteiger partial charge on any atom is -0.325 e. The number of thioether (sulfide) groups is 2. The van der Waals surface area contributed by atoms with Crippen molar-refractivity contribution in [1.82, 2.24) is 9.97 Å². The zero-order chi connectivity index (χ0) is 26.6. The fourth-order valence-electron chi connectivity index (χ4n) is 3.34. The molecule has 0 aliphatic rings. The van der Waals surface area contributed by atoms with E-state index in [9.17, 15) is 14.9 Å². The highest BCUT2D eigenvalue weighted by molar-refractivity contribution is 8.02. The Morgan fingerprint density at radius 1 is 0.816 bits per heavy atom. The van der Waals surface area contributed by atoms with Gasteiger partial charge in [0.05, 0.1) is 43.2 Å². The molecule has 0 radical (unpaired) electrons. The van der Waals surface area contributed by atoms with E-state index in [0.717, 1.165) is 29.1 Å². The summed E-state index contributed by atoms with van der Waals surface area (Å²) in [5.74, 6) is -0.217.